The third kappa shape index (κ3) is 5.41. The summed E-state index contributed by atoms with van der Waals surface area (Å²) in [6, 6.07) is 3.25. The number of hydrogen-bond acceptors (Lipinski definition) is 4. The highest BCUT2D eigenvalue weighted by Gasteiger charge is 2.19. The quantitative estimate of drug-likeness (QED) is 0.777. The van der Waals surface area contributed by atoms with E-state index in [2.05, 4.69) is 15.6 Å². The summed E-state index contributed by atoms with van der Waals surface area (Å²) in [5.74, 6) is -0.274. The normalized spacial score (nSPS) is 11.3. The van der Waals surface area contributed by atoms with Crippen LogP contribution in [0.2, 0.25) is 0 Å². The highest BCUT2D eigenvalue weighted by molar-refractivity contribution is 5.97. The fourth-order valence-corrected chi connectivity index (χ4v) is 1.70. The summed E-state index contributed by atoms with van der Waals surface area (Å²) in [7, 11) is 0. The standard InChI is InChI=1S/C15H24N4O2/c1-9(2)18-13(20)8-17-14(21)10-6-11(15(3,4)5)19-12(16)7-10/h6-7,9H,8H2,1-5H3,(H2,16,19)(H,17,21)(H,18,20). The van der Waals surface area contributed by atoms with Crippen LogP contribution in [0.25, 0.3) is 0 Å². The summed E-state index contributed by atoms with van der Waals surface area (Å²) in [5.41, 5.74) is 6.68. The molecular formula is C15H24N4O2. The van der Waals surface area contributed by atoms with Gasteiger partial charge < -0.3 is 16.4 Å². The van der Waals surface area contributed by atoms with Crippen LogP contribution in [-0.4, -0.2) is 29.4 Å². The maximum absolute atomic E-state index is 12.1. The Balaban J connectivity index is 2.79. The number of hydrogen-bond donors (Lipinski definition) is 3. The van der Waals surface area contributed by atoms with Gasteiger partial charge in [0.25, 0.3) is 5.91 Å². The van der Waals surface area contributed by atoms with E-state index in [1.54, 1.807) is 6.07 Å². The summed E-state index contributed by atoms with van der Waals surface area (Å²) in [4.78, 5) is 27.9. The number of anilines is 1. The molecule has 0 aliphatic heterocycles. The van der Waals surface area contributed by atoms with Crippen molar-refractivity contribution in [3.8, 4) is 0 Å². The van der Waals surface area contributed by atoms with E-state index in [1.165, 1.54) is 6.07 Å². The molecule has 0 aliphatic rings. The molecule has 6 nitrogen and oxygen atoms in total. The van der Waals surface area contributed by atoms with E-state index < -0.39 is 0 Å². The Morgan fingerprint density at radius 2 is 1.90 bits per heavy atom. The van der Waals surface area contributed by atoms with E-state index in [1.807, 2.05) is 34.6 Å². The average Bonchev–Trinajstić information content (AvgIpc) is 2.33. The van der Waals surface area contributed by atoms with Gasteiger partial charge in [0.15, 0.2) is 0 Å². The molecule has 116 valence electrons. The average molecular weight is 292 g/mol. The SMILES string of the molecule is CC(C)NC(=O)CNC(=O)c1cc(N)nc(C(C)(C)C)c1. The Kier molecular flexibility index (Phi) is 5.29. The van der Waals surface area contributed by atoms with E-state index in [9.17, 15) is 9.59 Å². The second-order valence-electron chi connectivity index (χ2n) is 6.32. The first-order chi connectivity index (χ1) is 9.59. The van der Waals surface area contributed by atoms with Crippen molar-refractivity contribution < 1.29 is 9.59 Å². The Morgan fingerprint density at radius 3 is 2.43 bits per heavy atom. The number of nitrogens with two attached hydrogens (primary N) is 1. The number of amides is 2. The Labute approximate surface area is 125 Å². The van der Waals surface area contributed by atoms with E-state index in [0.29, 0.717) is 11.4 Å². The Morgan fingerprint density at radius 1 is 1.29 bits per heavy atom. The topological polar surface area (TPSA) is 97.1 Å². The van der Waals surface area contributed by atoms with Gasteiger partial charge in [0.1, 0.15) is 5.82 Å². The molecule has 0 aliphatic carbocycles. The van der Waals surface area contributed by atoms with Gasteiger partial charge in [0.05, 0.1) is 6.54 Å². The van der Waals surface area contributed by atoms with Crippen molar-refractivity contribution >= 4 is 17.6 Å². The van der Waals surface area contributed by atoms with Crippen LogP contribution in [0.5, 0.6) is 0 Å². The summed E-state index contributed by atoms with van der Waals surface area (Å²) < 4.78 is 0. The number of aromatic nitrogens is 1. The maximum Gasteiger partial charge on any atom is 0.251 e. The van der Waals surface area contributed by atoms with Gasteiger partial charge in [-0.25, -0.2) is 4.98 Å². The fourth-order valence-electron chi connectivity index (χ4n) is 1.70. The van der Waals surface area contributed by atoms with Crippen molar-refractivity contribution in [2.24, 2.45) is 0 Å². The van der Waals surface area contributed by atoms with Crippen LogP contribution in [0.4, 0.5) is 5.82 Å². The molecule has 0 atom stereocenters. The molecule has 21 heavy (non-hydrogen) atoms. The van der Waals surface area contributed by atoms with Gasteiger partial charge in [0.2, 0.25) is 5.91 Å². The minimum Gasteiger partial charge on any atom is -0.384 e. The predicted octanol–water partition coefficient (Wildman–Crippen LogP) is 1.22. The molecule has 0 fully saturated rings. The van der Waals surface area contributed by atoms with E-state index in [4.69, 9.17) is 5.73 Å². The minimum atomic E-state index is -0.339. The third-order valence-corrected chi connectivity index (χ3v) is 2.73. The van der Waals surface area contributed by atoms with Crippen LogP contribution < -0.4 is 16.4 Å². The van der Waals surface area contributed by atoms with Crippen LogP contribution >= 0.6 is 0 Å². The third-order valence-electron chi connectivity index (χ3n) is 2.73. The van der Waals surface area contributed by atoms with Gasteiger partial charge in [-0.05, 0) is 26.0 Å². The van der Waals surface area contributed by atoms with Gasteiger partial charge >= 0.3 is 0 Å². The van der Waals surface area contributed by atoms with Crippen molar-refractivity contribution in [3.63, 3.8) is 0 Å². The van der Waals surface area contributed by atoms with Gasteiger partial charge in [-0.15, -0.1) is 0 Å². The summed E-state index contributed by atoms with van der Waals surface area (Å²) >= 11 is 0. The van der Waals surface area contributed by atoms with Crippen molar-refractivity contribution in [3.05, 3.63) is 23.4 Å². The van der Waals surface area contributed by atoms with Crippen LogP contribution in [0, 0.1) is 0 Å². The molecule has 2 amide bonds. The molecular weight excluding hydrogens is 268 g/mol. The van der Waals surface area contributed by atoms with E-state index in [-0.39, 0.29) is 29.8 Å². The molecule has 4 N–H and O–H groups in total. The van der Waals surface area contributed by atoms with Crippen molar-refractivity contribution in [1.82, 2.24) is 15.6 Å². The summed E-state index contributed by atoms with van der Waals surface area (Å²) in [6.07, 6.45) is 0. The molecule has 0 saturated heterocycles. The lowest BCUT2D eigenvalue weighted by Gasteiger charge is -2.19. The molecule has 1 aromatic heterocycles. The first-order valence-corrected chi connectivity index (χ1v) is 6.95. The van der Waals surface area contributed by atoms with Crippen molar-refractivity contribution in [2.45, 2.75) is 46.1 Å². The van der Waals surface area contributed by atoms with Crippen LogP contribution in [-0.2, 0) is 10.2 Å². The number of carbonyl (C=O) groups excluding carboxylic acids is 2. The van der Waals surface area contributed by atoms with Crippen molar-refractivity contribution in [2.75, 3.05) is 12.3 Å². The monoisotopic (exact) mass is 292 g/mol. The zero-order valence-corrected chi connectivity index (χ0v) is 13.3. The van der Waals surface area contributed by atoms with Crippen molar-refractivity contribution in [1.29, 1.82) is 0 Å². The maximum atomic E-state index is 12.1. The van der Waals surface area contributed by atoms with Crippen LogP contribution in [0.15, 0.2) is 12.1 Å². The molecule has 1 heterocycles. The molecule has 0 unspecified atom stereocenters. The van der Waals surface area contributed by atoms with E-state index >= 15 is 0 Å². The van der Waals surface area contributed by atoms with Gasteiger partial charge in [-0.3, -0.25) is 9.59 Å². The number of rotatable bonds is 4. The molecule has 0 radical (unpaired) electrons. The molecule has 0 spiro atoms. The highest BCUT2D eigenvalue weighted by Crippen LogP contribution is 2.22. The lowest BCUT2D eigenvalue weighted by atomic mass is 9.90. The first kappa shape index (κ1) is 16.9. The molecule has 6 heteroatoms. The lowest BCUT2D eigenvalue weighted by Crippen LogP contribution is -2.39. The molecule has 1 rings (SSSR count). The second-order valence-corrected chi connectivity index (χ2v) is 6.32. The molecule has 0 saturated carbocycles. The number of nitrogens with one attached hydrogen (secondary N) is 2. The fraction of sp³-hybridized carbons (Fsp3) is 0.533. The number of nitrogen functional groups attached to an aromatic ring is 1. The Bertz CT molecular complexity index is 533. The minimum absolute atomic E-state index is 0.0402. The second kappa shape index (κ2) is 6.56. The first-order valence-electron chi connectivity index (χ1n) is 6.95. The van der Waals surface area contributed by atoms with Gasteiger partial charge in [-0.1, -0.05) is 20.8 Å². The molecule has 0 aromatic carbocycles. The molecule has 0 bridgehead atoms. The zero-order chi connectivity index (χ0) is 16.2. The smallest absolute Gasteiger partial charge is 0.251 e. The van der Waals surface area contributed by atoms with Crippen LogP contribution in [0.3, 0.4) is 0 Å². The van der Waals surface area contributed by atoms with Gasteiger partial charge in [0, 0.05) is 22.7 Å². The number of nitrogens with zero attached hydrogens (tertiary/aromatic N) is 1. The van der Waals surface area contributed by atoms with Gasteiger partial charge in [-0.2, -0.15) is 0 Å². The van der Waals surface area contributed by atoms with E-state index in [0.717, 1.165) is 5.69 Å². The number of pyridine rings is 1. The molecule has 1 aromatic rings. The predicted molar refractivity (Wildman–Crippen MR) is 83.0 cm³/mol. The zero-order valence-electron chi connectivity index (χ0n) is 13.3. The highest BCUT2D eigenvalue weighted by atomic mass is 16.2. The van der Waals surface area contributed by atoms with Crippen LogP contribution in [0.1, 0.15) is 50.7 Å². The summed E-state index contributed by atoms with van der Waals surface area (Å²) in [5, 5.41) is 5.28. The largest absolute Gasteiger partial charge is 0.384 e. The number of carbonyl (C=O) groups is 2. The lowest BCUT2D eigenvalue weighted by molar-refractivity contribution is -0.120. The Hall–Kier alpha value is -2.11. The summed E-state index contributed by atoms with van der Waals surface area (Å²) in [6.45, 7) is 9.63.